The summed E-state index contributed by atoms with van der Waals surface area (Å²) in [6, 6.07) is 4.02. The minimum absolute atomic E-state index is 0.0547. The number of likely N-dealkylation sites (tertiary alicyclic amines) is 1. The predicted octanol–water partition coefficient (Wildman–Crippen LogP) is 2.69. The molecule has 0 spiro atoms. The molecule has 1 aliphatic heterocycles. The third-order valence-corrected chi connectivity index (χ3v) is 4.52. The van der Waals surface area contributed by atoms with Gasteiger partial charge in [-0.1, -0.05) is 6.07 Å². The summed E-state index contributed by atoms with van der Waals surface area (Å²) < 4.78 is 30.2. The monoisotopic (exact) mass is 396 g/mol. The lowest BCUT2D eigenvalue weighted by Gasteiger charge is -2.39. The Morgan fingerprint density at radius 1 is 1.32 bits per heavy atom. The van der Waals surface area contributed by atoms with Gasteiger partial charge >= 0.3 is 6.09 Å². The van der Waals surface area contributed by atoms with Crippen molar-refractivity contribution in [3.63, 3.8) is 0 Å². The predicted molar refractivity (Wildman–Crippen MR) is 102 cm³/mol. The number of amides is 2. The summed E-state index contributed by atoms with van der Waals surface area (Å²) in [6.07, 6.45) is -0.575. The molecule has 1 aliphatic rings. The lowest BCUT2D eigenvalue weighted by molar-refractivity contribution is -0.135. The Hall–Kier alpha value is -2.35. The van der Waals surface area contributed by atoms with Crippen molar-refractivity contribution in [1.29, 1.82) is 0 Å². The van der Waals surface area contributed by atoms with Crippen LogP contribution < -0.4 is 10.1 Å². The van der Waals surface area contributed by atoms with E-state index in [4.69, 9.17) is 14.2 Å². The van der Waals surface area contributed by atoms with Crippen LogP contribution >= 0.6 is 0 Å². The van der Waals surface area contributed by atoms with Crippen LogP contribution in [0.1, 0.15) is 38.7 Å². The van der Waals surface area contributed by atoms with Crippen molar-refractivity contribution in [1.82, 2.24) is 10.2 Å². The van der Waals surface area contributed by atoms with Crippen LogP contribution in [0.3, 0.4) is 0 Å². The summed E-state index contributed by atoms with van der Waals surface area (Å²) in [4.78, 5) is 26.4. The molecule has 7 nitrogen and oxygen atoms in total. The minimum Gasteiger partial charge on any atom is -0.497 e. The van der Waals surface area contributed by atoms with Gasteiger partial charge in [-0.3, -0.25) is 4.79 Å². The highest BCUT2D eigenvalue weighted by Gasteiger charge is 2.37. The standard InChI is InChI=1S/C20H29FN2O5/c1-20(2,3)28-19(25)22-17-11-18(24)23(8-9-26-4)12-15(17)14-7-6-13(27-5)10-16(14)21/h6-7,10,15,17H,8-9,11-12H2,1-5H3,(H,22,25). The number of nitrogens with zero attached hydrogens (tertiary/aromatic N) is 1. The van der Waals surface area contributed by atoms with E-state index in [0.29, 0.717) is 24.5 Å². The molecule has 2 atom stereocenters. The maximum absolute atomic E-state index is 14.7. The SMILES string of the molecule is COCCN1CC(c2ccc(OC)cc2F)C(NC(=O)OC(C)(C)C)CC1=O. The molecular formula is C20H29FN2O5. The highest BCUT2D eigenvalue weighted by molar-refractivity contribution is 5.79. The first-order chi connectivity index (χ1) is 13.1. The summed E-state index contributed by atoms with van der Waals surface area (Å²) in [7, 11) is 3.02. The van der Waals surface area contributed by atoms with Crippen LogP contribution in [-0.4, -0.2) is 62.5 Å². The van der Waals surface area contributed by atoms with Gasteiger partial charge in [-0.15, -0.1) is 0 Å². The molecule has 0 bridgehead atoms. The van der Waals surface area contributed by atoms with Crippen molar-refractivity contribution in [2.24, 2.45) is 0 Å². The Morgan fingerprint density at radius 3 is 2.61 bits per heavy atom. The molecule has 1 saturated heterocycles. The molecule has 0 saturated carbocycles. The average molecular weight is 396 g/mol. The van der Waals surface area contributed by atoms with E-state index >= 15 is 0 Å². The Bertz CT molecular complexity index is 704. The number of ether oxygens (including phenoxy) is 3. The molecule has 1 N–H and O–H groups in total. The average Bonchev–Trinajstić information content (AvgIpc) is 2.59. The molecule has 1 aromatic carbocycles. The van der Waals surface area contributed by atoms with Crippen LogP contribution in [0.4, 0.5) is 9.18 Å². The zero-order valence-corrected chi connectivity index (χ0v) is 17.1. The van der Waals surface area contributed by atoms with Gasteiger partial charge in [-0.2, -0.15) is 0 Å². The van der Waals surface area contributed by atoms with Crippen molar-refractivity contribution in [2.45, 2.75) is 44.8 Å². The number of hydrogen-bond acceptors (Lipinski definition) is 5. The molecule has 1 heterocycles. The van der Waals surface area contributed by atoms with E-state index in [1.54, 1.807) is 44.9 Å². The van der Waals surface area contributed by atoms with Crippen LogP contribution in [-0.2, 0) is 14.3 Å². The first-order valence-corrected chi connectivity index (χ1v) is 9.24. The van der Waals surface area contributed by atoms with Gasteiger partial charge in [0.2, 0.25) is 5.91 Å². The fourth-order valence-corrected chi connectivity index (χ4v) is 3.20. The van der Waals surface area contributed by atoms with Crippen LogP contribution in [0, 0.1) is 5.82 Å². The highest BCUT2D eigenvalue weighted by Crippen LogP contribution is 2.31. The van der Waals surface area contributed by atoms with E-state index in [1.807, 2.05) is 0 Å². The Kier molecular flexibility index (Phi) is 7.23. The fourth-order valence-electron chi connectivity index (χ4n) is 3.20. The second-order valence-corrected chi connectivity index (χ2v) is 7.78. The molecular weight excluding hydrogens is 367 g/mol. The zero-order valence-electron chi connectivity index (χ0n) is 17.1. The quantitative estimate of drug-likeness (QED) is 0.800. The van der Waals surface area contributed by atoms with Crippen LogP contribution in [0.25, 0.3) is 0 Å². The van der Waals surface area contributed by atoms with Crippen molar-refractivity contribution < 1.29 is 28.2 Å². The molecule has 0 aromatic heterocycles. The summed E-state index contributed by atoms with van der Waals surface area (Å²) in [5.74, 6) is -0.585. The smallest absolute Gasteiger partial charge is 0.407 e. The maximum Gasteiger partial charge on any atom is 0.407 e. The number of benzene rings is 1. The van der Waals surface area contributed by atoms with Crippen LogP contribution in [0.5, 0.6) is 5.75 Å². The first kappa shape index (κ1) is 21.9. The fraction of sp³-hybridized carbons (Fsp3) is 0.600. The lowest BCUT2D eigenvalue weighted by Crippen LogP contribution is -2.53. The van der Waals surface area contributed by atoms with Gasteiger partial charge in [0.25, 0.3) is 0 Å². The van der Waals surface area contributed by atoms with Gasteiger partial charge in [0.15, 0.2) is 0 Å². The topological polar surface area (TPSA) is 77.1 Å². The summed E-state index contributed by atoms with van der Waals surface area (Å²) >= 11 is 0. The molecule has 28 heavy (non-hydrogen) atoms. The lowest BCUT2D eigenvalue weighted by atomic mass is 9.85. The van der Waals surface area contributed by atoms with Gasteiger partial charge in [0.1, 0.15) is 17.2 Å². The Labute approximate surface area is 165 Å². The van der Waals surface area contributed by atoms with E-state index in [1.165, 1.54) is 13.2 Å². The molecule has 2 rings (SSSR count). The molecule has 1 fully saturated rings. The second kappa shape index (κ2) is 9.23. The van der Waals surface area contributed by atoms with Crippen molar-refractivity contribution in [3.05, 3.63) is 29.6 Å². The maximum atomic E-state index is 14.7. The molecule has 1 aromatic rings. The molecule has 8 heteroatoms. The van der Waals surface area contributed by atoms with Gasteiger partial charge in [0, 0.05) is 44.6 Å². The normalized spacial score (nSPS) is 20.1. The van der Waals surface area contributed by atoms with Crippen molar-refractivity contribution >= 4 is 12.0 Å². The molecule has 156 valence electrons. The van der Waals surface area contributed by atoms with Gasteiger partial charge in [-0.25, -0.2) is 9.18 Å². The van der Waals surface area contributed by atoms with E-state index in [-0.39, 0.29) is 18.9 Å². The Balaban J connectivity index is 2.27. The van der Waals surface area contributed by atoms with E-state index in [0.717, 1.165) is 0 Å². The third kappa shape index (κ3) is 5.82. The second-order valence-electron chi connectivity index (χ2n) is 7.78. The van der Waals surface area contributed by atoms with Gasteiger partial charge in [0.05, 0.1) is 13.7 Å². The summed E-state index contributed by atoms with van der Waals surface area (Å²) in [5, 5.41) is 2.75. The van der Waals surface area contributed by atoms with Crippen molar-refractivity contribution in [3.8, 4) is 5.75 Å². The number of methoxy groups -OCH3 is 2. The number of nitrogens with one attached hydrogen (secondary N) is 1. The van der Waals surface area contributed by atoms with Crippen molar-refractivity contribution in [2.75, 3.05) is 33.9 Å². The van der Waals surface area contributed by atoms with E-state index in [2.05, 4.69) is 5.32 Å². The highest BCUT2D eigenvalue weighted by atomic mass is 19.1. The number of rotatable bonds is 6. The summed E-state index contributed by atoms with van der Waals surface area (Å²) in [6.45, 7) is 6.32. The molecule has 0 aliphatic carbocycles. The molecule has 2 amide bonds. The number of alkyl carbamates (subject to hydrolysis) is 1. The first-order valence-electron chi connectivity index (χ1n) is 9.24. The van der Waals surface area contributed by atoms with E-state index < -0.39 is 29.5 Å². The number of hydrogen-bond donors (Lipinski definition) is 1. The van der Waals surface area contributed by atoms with Crippen LogP contribution in [0.15, 0.2) is 18.2 Å². The largest absolute Gasteiger partial charge is 0.497 e. The van der Waals surface area contributed by atoms with Crippen LogP contribution in [0.2, 0.25) is 0 Å². The van der Waals surface area contributed by atoms with Gasteiger partial charge in [-0.05, 0) is 32.4 Å². The third-order valence-electron chi connectivity index (χ3n) is 4.52. The number of carbonyl (C=O) groups is 2. The minimum atomic E-state index is -0.673. The van der Waals surface area contributed by atoms with Gasteiger partial charge < -0.3 is 24.4 Å². The zero-order chi connectivity index (χ0) is 20.9. The summed E-state index contributed by atoms with van der Waals surface area (Å²) in [5.41, 5.74) is -0.259. The van der Waals surface area contributed by atoms with E-state index in [9.17, 15) is 14.0 Å². The Morgan fingerprint density at radius 2 is 2.04 bits per heavy atom. The molecule has 2 unspecified atom stereocenters. The number of carbonyl (C=O) groups excluding carboxylic acids is 2. The number of halogens is 1. The molecule has 0 radical (unpaired) electrons. The number of piperidine rings is 1.